The van der Waals surface area contributed by atoms with Crippen LogP contribution in [0.5, 0.6) is 11.5 Å². The highest BCUT2D eigenvalue weighted by Crippen LogP contribution is 2.27. The summed E-state index contributed by atoms with van der Waals surface area (Å²) in [6.45, 7) is 0.552. The molecule has 2 rings (SSSR count). The predicted octanol–water partition coefficient (Wildman–Crippen LogP) is 3.03. The van der Waals surface area contributed by atoms with E-state index >= 15 is 0 Å². The number of nitrogens with zero attached hydrogens (tertiary/aromatic N) is 1. The third-order valence-electron chi connectivity index (χ3n) is 2.66. The molecular weight excluding hydrogens is 263 g/mol. The zero-order chi connectivity index (χ0) is 14.5. The summed E-state index contributed by atoms with van der Waals surface area (Å²) in [4.78, 5) is 9.98. The summed E-state index contributed by atoms with van der Waals surface area (Å²) in [6.07, 6.45) is 0.756. The maximum atomic E-state index is 13.3. The number of non-ortho nitro benzene ring substituents is 1. The fraction of sp³-hybridized carbons (Fsp3) is 0.143. The summed E-state index contributed by atoms with van der Waals surface area (Å²) in [5.41, 5.74) is 6.16. The summed E-state index contributed by atoms with van der Waals surface area (Å²) < 4.78 is 18.7. The first kappa shape index (κ1) is 14.0. The second kappa shape index (κ2) is 6.12. The quantitative estimate of drug-likeness (QED) is 0.672. The molecule has 104 valence electrons. The van der Waals surface area contributed by atoms with Crippen molar-refractivity contribution in [2.75, 3.05) is 6.54 Å². The molecule has 0 aliphatic carbocycles. The van der Waals surface area contributed by atoms with Crippen molar-refractivity contribution in [2.45, 2.75) is 6.42 Å². The van der Waals surface area contributed by atoms with Crippen LogP contribution in [0.1, 0.15) is 5.56 Å². The summed E-state index contributed by atoms with van der Waals surface area (Å²) >= 11 is 0. The summed E-state index contributed by atoms with van der Waals surface area (Å²) in [7, 11) is 0. The van der Waals surface area contributed by atoms with Gasteiger partial charge in [-0.05, 0) is 30.7 Å². The van der Waals surface area contributed by atoms with Gasteiger partial charge in [0.05, 0.1) is 17.1 Å². The number of hydrogen-bond donors (Lipinski definition) is 1. The minimum Gasteiger partial charge on any atom is -0.457 e. The fourth-order valence-corrected chi connectivity index (χ4v) is 1.74. The second-order valence-electron chi connectivity index (χ2n) is 4.19. The van der Waals surface area contributed by atoms with Crippen molar-refractivity contribution in [1.82, 2.24) is 0 Å². The lowest BCUT2D eigenvalue weighted by Crippen LogP contribution is -2.02. The lowest BCUT2D eigenvalue weighted by Gasteiger charge is -2.06. The molecule has 2 aromatic rings. The first-order chi connectivity index (χ1) is 9.58. The minimum atomic E-state index is -0.714. The van der Waals surface area contributed by atoms with Crippen LogP contribution < -0.4 is 10.5 Å². The van der Waals surface area contributed by atoms with Crippen molar-refractivity contribution >= 4 is 5.69 Å². The molecule has 0 heterocycles. The number of rotatable bonds is 5. The Hall–Kier alpha value is -2.47. The van der Waals surface area contributed by atoms with Crippen molar-refractivity contribution in [3.8, 4) is 11.5 Å². The molecule has 6 heteroatoms. The Morgan fingerprint density at radius 1 is 1.15 bits per heavy atom. The van der Waals surface area contributed by atoms with E-state index in [0.29, 0.717) is 12.3 Å². The normalized spacial score (nSPS) is 10.3. The Kier molecular flexibility index (Phi) is 4.27. The van der Waals surface area contributed by atoms with Gasteiger partial charge in [0.25, 0.3) is 5.69 Å². The highest BCUT2D eigenvalue weighted by Gasteiger charge is 2.11. The SMILES string of the molecule is NCCc1ccc(Oc2cc(F)cc([N+](=O)[O-])c2)cc1. The van der Waals surface area contributed by atoms with E-state index in [9.17, 15) is 14.5 Å². The molecule has 0 saturated heterocycles. The topological polar surface area (TPSA) is 78.4 Å². The first-order valence-electron chi connectivity index (χ1n) is 6.00. The Morgan fingerprint density at radius 2 is 1.85 bits per heavy atom. The van der Waals surface area contributed by atoms with Crippen molar-refractivity contribution < 1.29 is 14.1 Å². The lowest BCUT2D eigenvalue weighted by atomic mass is 10.1. The molecule has 0 bridgehead atoms. The maximum absolute atomic E-state index is 13.3. The van der Waals surface area contributed by atoms with E-state index in [2.05, 4.69) is 0 Å². The van der Waals surface area contributed by atoms with Crippen LogP contribution in [-0.2, 0) is 6.42 Å². The van der Waals surface area contributed by atoms with E-state index in [1.54, 1.807) is 12.1 Å². The van der Waals surface area contributed by atoms with Gasteiger partial charge in [-0.25, -0.2) is 4.39 Å². The Balaban J connectivity index is 2.19. The molecule has 0 atom stereocenters. The molecule has 20 heavy (non-hydrogen) atoms. The third-order valence-corrected chi connectivity index (χ3v) is 2.66. The van der Waals surface area contributed by atoms with E-state index in [1.165, 1.54) is 6.07 Å². The van der Waals surface area contributed by atoms with Crippen LogP contribution >= 0.6 is 0 Å². The summed E-state index contributed by atoms with van der Waals surface area (Å²) in [5, 5.41) is 10.6. The third kappa shape index (κ3) is 3.52. The average molecular weight is 276 g/mol. The molecule has 0 aromatic heterocycles. The van der Waals surface area contributed by atoms with E-state index in [1.807, 2.05) is 12.1 Å². The molecule has 0 spiro atoms. The van der Waals surface area contributed by atoms with Gasteiger partial charge in [0.1, 0.15) is 17.3 Å². The average Bonchev–Trinajstić information content (AvgIpc) is 2.40. The van der Waals surface area contributed by atoms with Gasteiger partial charge >= 0.3 is 0 Å². The minimum absolute atomic E-state index is 0.0864. The largest absolute Gasteiger partial charge is 0.457 e. The Morgan fingerprint density at radius 3 is 2.45 bits per heavy atom. The van der Waals surface area contributed by atoms with Gasteiger partial charge in [-0.1, -0.05) is 12.1 Å². The number of benzene rings is 2. The Bertz CT molecular complexity index is 614. The highest BCUT2D eigenvalue weighted by atomic mass is 19.1. The van der Waals surface area contributed by atoms with Gasteiger partial charge < -0.3 is 10.5 Å². The molecule has 0 aliphatic heterocycles. The van der Waals surface area contributed by atoms with Crippen LogP contribution in [0.25, 0.3) is 0 Å². The van der Waals surface area contributed by atoms with Crippen molar-refractivity contribution in [2.24, 2.45) is 5.73 Å². The van der Waals surface area contributed by atoms with Crippen LogP contribution in [0.2, 0.25) is 0 Å². The molecule has 0 aliphatic rings. The van der Waals surface area contributed by atoms with Crippen LogP contribution in [0, 0.1) is 15.9 Å². The van der Waals surface area contributed by atoms with E-state index in [-0.39, 0.29) is 11.4 Å². The molecule has 0 unspecified atom stereocenters. The van der Waals surface area contributed by atoms with Crippen molar-refractivity contribution in [1.29, 1.82) is 0 Å². The fourth-order valence-electron chi connectivity index (χ4n) is 1.74. The van der Waals surface area contributed by atoms with Crippen LogP contribution in [0.4, 0.5) is 10.1 Å². The van der Waals surface area contributed by atoms with Gasteiger partial charge in [0.2, 0.25) is 0 Å². The number of ether oxygens (including phenoxy) is 1. The molecule has 2 aromatic carbocycles. The zero-order valence-corrected chi connectivity index (χ0v) is 10.6. The number of nitro groups is 1. The second-order valence-corrected chi connectivity index (χ2v) is 4.19. The smallest absolute Gasteiger partial charge is 0.276 e. The Labute approximate surface area is 114 Å². The van der Waals surface area contributed by atoms with Crippen LogP contribution in [0.15, 0.2) is 42.5 Å². The number of hydrogen-bond acceptors (Lipinski definition) is 4. The molecule has 0 amide bonds. The highest BCUT2D eigenvalue weighted by molar-refractivity contribution is 5.41. The lowest BCUT2D eigenvalue weighted by molar-refractivity contribution is -0.385. The monoisotopic (exact) mass is 276 g/mol. The molecule has 0 saturated carbocycles. The molecule has 0 fully saturated rings. The van der Waals surface area contributed by atoms with Gasteiger partial charge in [-0.15, -0.1) is 0 Å². The van der Waals surface area contributed by atoms with Gasteiger partial charge in [-0.2, -0.15) is 0 Å². The van der Waals surface area contributed by atoms with Crippen molar-refractivity contribution in [3.05, 3.63) is 64.0 Å². The molecule has 2 N–H and O–H groups in total. The maximum Gasteiger partial charge on any atom is 0.276 e. The number of nitro benzene ring substituents is 1. The molecule has 0 radical (unpaired) electrons. The standard InChI is InChI=1S/C14H13FN2O3/c15-11-7-12(17(18)19)9-14(8-11)20-13-3-1-10(2-4-13)5-6-16/h1-4,7-9H,5-6,16H2. The summed E-state index contributed by atoms with van der Waals surface area (Å²) in [6, 6.07) is 10.2. The van der Waals surface area contributed by atoms with Crippen LogP contribution in [-0.4, -0.2) is 11.5 Å². The molecule has 5 nitrogen and oxygen atoms in total. The van der Waals surface area contributed by atoms with E-state index in [4.69, 9.17) is 10.5 Å². The number of nitrogens with two attached hydrogens (primary N) is 1. The first-order valence-corrected chi connectivity index (χ1v) is 6.00. The van der Waals surface area contributed by atoms with Crippen molar-refractivity contribution in [3.63, 3.8) is 0 Å². The van der Waals surface area contributed by atoms with Gasteiger partial charge in [0, 0.05) is 6.07 Å². The van der Waals surface area contributed by atoms with E-state index in [0.717, 1.165) is 24.1 Å². The van der Waals surface area contributed by atoms with E-state index < -0.39 is 10.7 Å². The van der Waals surface area contributed by atoms with Gasteiger partial charge in [0.15, 0.2) is 0 Å². The molecular formula is C14H13FN2O3. The summed E-state index contributed by atoms with van der Waals surface area (Å²) in [5.74, 6) is -0.150. The number of halogens is 1. The zero-order valence-electron chi connectivity index (χ0n) is 10.6. The predicted molar refractivity (Wildman–Crippen MR) is 72.3 cm³/mol. The van der Waals surface area contributed by atoms with Gasteiger partial charge in [-0.3, -0.25) is 10.1 Å². The van der Waals surface area contributed by atoms with Crippen LogP contribution in [0.3, 0.4) is 0 Å².